The summed E-state index contributed by atoms with van der Waals surface area (Å²) in [6.45, 7) is 3.60. The van der Waals surface area contributed by atoms with Crippen molar-refractivity contribution in [1.82, 2.24) is 0 Å². The van der Waals surface area contributed by atoms with Crippen molar-refractivity contribution in [2.75, 3.05) is 6.61 Å². The van der Waals surface area contributed by atoms with Crippen molar-refractivity contribution < 1.29 is 19.4 Å². The summed E-state index contributed by atoms with van der Waals surface area (Å²) in [6, 6.07) is 16.6. The first kappa shape index (κ1) is 16.8. The van der Waals surface area contributed by atoms with Gasteiger partial charge in [-0.25, -0.2) is 4.79 Å². The highest BCUT2D eigenvalue weighted by atomic mass is 16.6. The van der Waals surface area contributed by atoms with Gasteiger partial charge >= 0.3 is 5.97 Å². The number of carbonyl (C=O) groups is 1. The van der Waals surface area contributed by atoms with Gasteiger partial charge in [0.25, 0.3) is 0 Å². The minimum absolute atomic E-state index is 0.0819. The van der Waals surface area contributed by atoms with Gasteiger partial charge in [0.2, 0.25) is 0 Å². The fourth-order valence-corrected chi connectivity index (χ4v) is 2.12. The Morgan fingerprint density at radius 2 is 1.87 bits per heavy atom. The standard InChI is InChI=1S/C19H20O4/c1-2-11-22-19(21)18(13-15-7-4-3-5-8-15)23-17-10-6-9-16(12-17)14-20/h2-10,12,18,20H,1,11,13-14H2/t18-/m1/s1. The average Bonchev–Trinajstić information content (AvgIpc) is 2.60. The van der Waals surface area contributed by atoms with Gasteiger partial charge in [0, 0.05) is 6.42 Å². The molecular weight excluding hydrogens is 292 g/mol. The quantitative estimate of drug-likeness (QED) is 0.601. The second-order valence-electron chi connectivity index (χ2n) is 5.02. The van der Waals surface area contributed by atoms with Gasteiger partial charge in [-0.1, -0.05) is 55.1 Å². The van der Waals surface area contributed by atoms with Crippen LogP contribution >= 0.6 is 0 Å². The van der Waals surface area contributed by atoms with Crippen LogP contribution in [0.3, 0.4) is 0 Å². The van der Waals surface area contributed by atoms with E-state index in [1.54, 1.807) is 24.3 Å². The number of ether oxygens (including phenoxy) is 2. The van der Waals surface area contributed by atoms with Crippen LogP contribution < -0.4 is 4.74 Å². The second kappa shape index (κ2) is 8.76. The third-order valence-electron chi connectivity index (χ3n) is 3.23. The van der Waals surface area contributed by atoms with Gasteiger partial charge in [-0.05, 0) is 23.3 Å². The molecule has 0 unspecified atom stereocenters. The summed E-state index contributed by atoms with van der Waals surface area (Å²) in [5.41, 5.74) is 1.70. The number of hydrogen-bond donors (Lipinski definition) is 1. The number of benzene rings is 2. The molecule has 1 atom stereocenters. The van der Waals surface area contributed by atoms with Crippen molar-refractivity contribution in [2.24, 2.45) is 0 Å². The molecule has 0 aromatic heterocycles. The summed E-state index contributed by atoms with van der Waals surface area (Å²) in [7, 11) is 0. The zero-order valence-electron chi connectivity index (χ0n) is 12.9. The van der Waals surface area contributed by atoms with Crippen LogP contribution in [0.1, 0.15) is 11.1 Å². The molecule has 4 nitrogen and oxygen atoms in total. The zero-order chi connectivity index (χ0) is 16.5. The van der Waals surface area contributed by atoms with Crippen molar-refractivity contribution >= 4 is 5.97 Å². The molecule has 0 fully saturated rings. The normalized spacial score (nSPS) is 11.5. The molecular formula is C19H20O4. The molecule has 2 aromatic rings. The highest BCUT2D eigenvalue weighted by Gasteiger charge is 2.22. The minimum Gasteiger partial charge on any atom is -0.478 e. The van der Waals surface area contributed by atoms with Crippen LogP contribution in [0.25, 0.3) is 0 Å². The maximum absolute atomic E-state index is 12.2. The van der Waals surface area contributed by atoms with E-state index in [0.717, 1.165) is 11.1 Å². The number of rotatable bonds is 8. The third-order valence-corrected chi connectivity index (χ3v) is 3.23. The van der Waals surface area contributed by atoms with Gasteiger partial charge in [-0.15, -0.1) is 0 Å². The lowest BCUT2D eigenvalue weighted by Gasteiger charge is -2.18. The van der Waals surface area contributed by atoms with E-state index in [0.29, 0.717) is 12.2 Å². The largest absolute Gasteiger partial charge is 0.478 e. The Morgan fingerprint density at radius 3 is 2.57 bits per heavy atom. The second-order valence-corrected chi connectivity index (χ2v) is 5.02. The predicted octanol–water partition coefficient (Wildman–Crippen LogP) is 2.90. The lowest BCUT2D eigenvalue weighted by Crippen LogP contribution is -2.31. The smallest absolute Gasteiger partial charge is 0.347 e. The molecule has 0 spiro atoms. The van der Waals surface area contributed by atoms with Crippen molar-refractivity contribution in [3.05, 3.63) is 78.4 Å². The first-order chi connectivity index (χ1) is 11.2. The third kappa shape index (κ3) is 5.27. The van der Waals surface area contributed by atoms with Gasteiger partial charge in [-0.2, -0.15) is 0 Å². The molecule has 0 saturated carbocycles. The van der Waals surface area contributed by atoms with E-state index < -0.39 is 12.1 Å². The van der Waals surface area contributed by atoms with Gasteiger partial charge in [-0.3, -0.25) is 0 Å². The van der Waals surface area contributed by atoms with Gasteiger partial charge in [0.1, 0.15) is 12.4 Å². The molecule has 4 heteroatoms. The first-order valence-corrected chi connectivity index (χ1v) is 7.41. The first-order valence-electron chi connectivity index (χ1n) is 7.41. The molecule has 0 aliphatic heterocycles. The van der Waals surface area contributed by atoms with E-state index >= 15 is 0 Å². The fraction of sp³-hybridized carbons (Fsp3) is 0.211. The Hall–Kier alpha value is -2.59. The van der Waals surface area contributed by atoms with Gasteiger partial charge in [0.15, 0.2) is 6.10 Å². The molecule has 2 aromatic carbocycles. The SMILES string of the molecule is C=CCOC(=O)[C@@H](Cc1ccccc1)Oc1cccc(CO)c1. The van der Waals surface area contributed by atoms with E-state index in [-0.39, 0.29) is 13.2 Å². The Labute approximate surface area is 136 Å². The van der Waals surface area contributed by atoms with E-state index in [2.05, 4.69) is 6.58 Å². The van der Waals surface area contributed by atoms with Gasteiger partial charge in [0.05, 0.1) is 6.61 Å². The molecule has 0 radical (unpaired) electrons. The Morgan fingerprint density at radius 1 is 1.13 bits per heavy atom. The lowest BCUT2D eigenvalue weighted by atomic mass is 10.1. The van der Waals surface area contributed by atoms with E-state index in [1.807, 2.05) is 30.3 Å². The van der Waals surface area contributed by atoms with Crippen LogP contribution in [0.15, 0.2) is 67.3 Å². The summed E-state index contributed by atoms with van der Waals surface area (Å²) in [4.78, 5) is 12.2. The molecule has 2 rings (SSSR count). The number of aliphatic hydroxyl groups excluding tert-OH is 1. The summed E-state index contributed by atoms with van der Waals surface area (Å²) < 4.78 is 10.9. The van der Waals surface area contributed by atoms with Crippen LogP contribution in [0.5, 0.6) is 5.75 Å². The highest BCUT2D eigenvalue weighted by molar-refractivity contribution is 5.75. The van der Waals surface area contributed by atoms with E-state index in [4.69, 9.17) is 9.47 Å². The number of esters is 1. The van der Waals surface area contributed by atoms with E-state index in [9.17, 15) is 9.90 Å². The minimum atomic E-state index is -0.758. The van der Waals surface area contributed by atoms with Crippen LogP contribution in [0.2, 0.25) is 0 Å². The molecule has 1 N–H and O–H groups in total. The van der Waals surface area contributed by atoms with E-state index in [1.165, 1.54) is 6.08 Å². The van der Waals surface area contributed by atoms with Crippen molar-refractivity contribution in [1.29, 1.82) is 0 Å². The Bertz CT molecular complexity index is 637. The maximum atomic E-state index is 12.2. The predicted molar refractivity (Wildman–Crippen MR) is 88.1 cm³/mol. The monoisotopic (exact) mass is 312 g/mol. The topological polar surface area (TPSA) is 55.8 Å². The number of carbonyl (C=O) groups excluding carboxylic acids is 1. The maximum Gasteiger partial charge on any atom is 0.347 e. The average molecular weight is 312 g/mol. The highest BCUT2D eigenvalue weighted by Crippen LogP contribution is 2.17. The summed E-state index contributed by atoms with van der Waals surface area (Å²) in [6.07, 6.45) is 1.16. The lowest BCUT2D eigenvalue weighted by molar-refractivity contribution is -0.150. The molecule has 0 aliphatic carbocycles. The molecule has 0 saturated heterocycles. The molecule has 0 aliphatic rings. The van der Waals surface area contributed by atoms with Crippen molar-refractivity contribution in [3.8, 4) is 5.75 Å². The van der Waals surface area contributed by atoms with Gasteiger partial charge < -0.3 is 14.6 Å². The molecule has 120 valence electrons. The zero-order valence-corrected chi connectivity index (χ0v) is 12.9. The Kier molecular flexibility index (Phi) is 6.39. The van der Waals surface area contributed by atoms with Crippen LogP contribution in [0, 0.1) is 0 Å². The molecule has 0 bridgehead atoms. The van der Waals surface area contributed by atoms with Crippen molar-refractivity contribution in [3.63, 3.8) is 0 Å². The molecule has 0 heterocycles. The number of hydrogen-bond acceptors (Lipinski definition) is 4. The Balaban J connectivity index is 2.14. The molecule has 23 heavy (non-hydrogen) atoms. The summed E-state index contributed by atoms with van der Waals surface area (Å²) >= 11 is 0. The van der Waals surface area contributed by atoms with Crippen LogP contribution in [-0.2, 0) is 22.6 Å². The molecule has 0 amide bonds. The van der Waals surface area contributed by atoms with Crippen LogP contribution in [-0.4, -0.2) is 23.8 Å². The van der Waals surface area contributed by atoms with Crippen LogP contribution in [0.4, 0.5) is 0 Å². The number of aliphatic hydroxyl groups is 1. The van der Waals surface area contributed by atoms with Crippen molar-refractivity contribution in [2.45, 2.75) is 19.1 Å². The summed E-state index contributed by atoms with van der Waals surface area (Å²) in [5, 5.41) is 9.20. The fourth-order valence-electron chi connectivity index (χ4n) is 2.12. The summed E-state index contributed by atoms with van der Waals surface area (Å²) in [5.74, 6) is 0.0798.